The zero-order chi connectivity index (χ0) is 11.1. The van der Waals surface area contributed by atoms with Crippen LogP contribution in [0, 0.1) is 12.3 Å². The van der Waals surface area contributed by atoms with Gasteiger partial charge in [-0.2, -0.15) is 4.98 Å². The predicted molar refractivity (Wildman–Crippen MR) is 63.2 cm³/mol. The van der Waals surface area contributed by atoms with Gasteiger partial charge in [0.05, 0.1) is 6.20 Å². The first kappa shape index (κ1) is 12.1. The van der Waals surface area contributed by atoms with Gasteiger partial charge in [0.1, 0.15) is 10.8 Å². The maximum atomic E-state index is 5.86. The van der Waals surface area contributed by atoms with Crippen LogP contribution in [0.4, 0.5) is 5.82 Å². The minimum Gasteiger partial charge on any atom is -0.369 e. The van der Waals surface area contributed by atoms with Crippen molar-refractivity contribution in [2.24, 2.45) is 0 Å². The molecule has 1 rings (SSSR count). The van der Waals surface area contributed by atoms with Crippen LogP contribution < -0.4 is 5.32 Å². The van der Waals surface area contributed by atoms with Crippen LogP contribution in [-0.4, -0.2) is 16.5 Å². The summed E-state index contributed by atoms with van der Waals surface area (Å²) in [4.78, 5) is 7.71. The molecular weight excluding hydrogens is 233 g/mol. The van der Waals surface area contributed by atoms with E-state index in [9.17, 15) is 0 Å². The van der Waals surface area contributed by atoms with E-state index in [1.807, 2.05) is 0 Å². The fourth-order valence-electron chi connectivity index (χ4n) is 1.03. The van der Waals surface area contributed by atoms with E-state index < -0.39 is 0 Å². The third kappa shape index (κ3) is 4.37. The Morgan fingerprint density at radius 2 is 2.20 bits per heavy atom. The van der Waals surface area contributed by atoms with E-state index in [-0.39, 0.29) is 5.28 Å². The summed E-state index contributed by atoms with van der Waals surface area (Å²) < 4.78 is 0. The van der Waals surface area contributed by atoms with Crippen LogP contribution in [0.5, 0.6) is 0 Å². The number of unbranched alkanes of at least 4 members (excludes halogenated alkanes) is 2. The quantitative estimate of drug-likeness (QED) is 0.491. The number of hydrogen-bond donors (Lipinski definition) is 1. The first-order valence-corrected chi connectivity index (χ1v) is 5.35. The summed E-state index contributed by atoms with van der Waals surface area (Å²) in [6.45, 7) is 0.773. The zero-order valence-electron chi connectivity index (χ0n) is 8.13. The highest BCUT2D eigenvalue weighted by atomic mass is 35.5. The van der Waals surface area contributed by atoms with E-state index in [2.05, 4.69) is 21.2 Å². The maximum absolute atomic E-state index is 5.86. The molecule has 0 aliphatic rings. The monoisotopic (exact) mass is 243 g/mol. The molecule has 0 fully saturated rings. The predicted octanol–water partition coefficient (Wildman–Crippen LogP) is 3.00. The van der Waals surface area contributed by atoms with Crippen molar-refractivity contribution in [1.29, 1.82) is 0 Å². The molecule has 0 amide bonds. The molecule has 1 N–H and O–H groups in total. The Bertz CT molecular complexity index is 360. The summed E-state index contributed by atoms with van der Waals surface area (Å²) in [6, 6.07) is 0. The summed E-state index contributed by atoms with van der Waals surface area (Å²) in [6.07, 6.45) is 9.36. The van der Waals surface area contributed by atoms with Gasteiger partial charge in [-0.1, -0.05) is 11.6 Å². The lowest BCUT2D eigenvalue weighted by molar-refractivity contribution is 0.787. The van der Waals surface area contributed by atoms with Crippen LogP contribution in [-0.2, 0) is 0 Å². The van der Waals surface area contributed by atoms with Crippen molar-refractivity contribution in [3.05, 3.63) is 16.5 Å². The lowest BCUT2D eigenvalue weighted by Gasteiger charge is -2.06. The molecule has 3 nitrogen and oxygen atoms in total. The first-order chi connectivity index (χ1) is 7.24. The molecule has 0 radical (unpaired) electrons. The van der Waals surface area contributed by atoms with Gasteiger partial charge >= 0.3 is 0 Å². The molecule has 0 aromatic carbocycles. The van der Waals surface area contributed by atoms with Gasteiger partial charge in [0.25, 0.3) is 0 Å². The molecule has 5 heteroatoms. The number of nitrogens with one attached hydrogen (secondary N) is 1. The Morgan fingerprint density at radius 1 is 1.40 bits per heavy atom. The molecule has 0 aliphatic heterocycles. The molecule has 15 heavy (non-hydrogen) atoms. The average molecular weight is 244 g/mol. The number of terminal acetylenes is 1. The van der Waals surface area contributed by atoms with Crippen molar-refractivity contribution in [2.75, 3.05) is 11.9 Å². The Morgan fingerprint density at radius 3 is 2.93 bits per heavy atom. The van der Waals surface area contributed by atoms with Crippen LogP contribution in [0.25, 0.3) is 0 Å². The Hall–Kier alpha value is -0.980. The third-order valence-corrected chi connectivity index (χ3v) is 2.21. The van der Waals surface area contributed by atoms with E-state index in [1.54, 1.807) is 0 Å². The Labute approximate surface area is 99.2 Å². The highest BCUT2D eigenvalue weighted by Crippen LogP contribution is 2.19. The average Bonchev–Trinajstić information content (AvgIpc) is 2.23. The number of nitrogens with zero attached hydrogens (tertiary/aromatic N) is 2. The van der Waals surface area contributed by atoms with Gasteiger partial charge in [0.2, 0.25) is 5.28 Å². The van der Waals surface area contributed by atoms with Crippen molar-refractivity contribution in [2.45, 2.75) is 19.3 Å². The van der Waals surface area contributed by atoms with Crippen LogP contribution in [0.1, 0.15) is 19.3 Å². The number of hydrogen-bond acceptors (Lipinski definition) is 3. The summed E-state index contributed by atoms with van der Waals surface area (Å²) in [7, 11) is 0. The van der Waals surface area contributed by atoms with E-state index in [0.29, 0.717) is 10.8 Å². The molecule has 0 unspecified atom stereocenters. The molecular formula is C10H11Cl2N3. The second kappa shape index (κ2) is 6.49. The molecule has 1 heterocycles. The Balaban J connectivity index is 2.37. The molecule has 1 aromatic heterocycles. The van der Waals surface area contributed by atoms with Gasteiger partial charge in [-0.05, 0) is 24.4 Å². The van der Waals surface area contributed by atoms with E-state index in [4.69, 9.17) is 29.6 Å². The lowest BCUT2D eigenvalue weighted by Crippen LogP contribution is -2.04. The first-order valence-electron chi connectivity index (χ1n) is 4.59. The smallest absolute Gasteiger partial charge is 0.224 e. The fourth-order valence-corrected chi connectivity index (χ4v) is 1.32. The van der Waals surface area contributed by atoms with Crippen molar-refractivity contribution in [1.82, 2.24) is 9.97 Å². The van der Waals surface area contributed by atoms with Crippen molar-refractivity contribution >= 4 is 29.0 Å². The van der Waals surface area contributed by atoms with Crippen molar-refractivity contribution < 1.29 is 0 Å². The molecule has 0 aliphatic carbocycles. The SMILES string of the molecule is C#CCCCCNc1nc(Cl)ncc1Cl. The minimum atomic E-state index is 0.186. The topological polar surface area (TPSA) is 37.8 Å². The van der Waals surface area contributed by atoms with Crippen LogP contribution in [0.15, 0.2) is 6.20 Å². The standard InChI is InChI=1S/C10H11Cl2N3/c1-2-3-4-5-6-13-9-8(11)7-14-10(12)15-9/h1,7H,3-6H2,(H,13,14,15). The molecule has 0 saturated heterocycles. The third-order valence-electron chi connectivity index (χ3n) is 1.76. The zero-order valence-corrected chi connectivity index (χ0v) is 9.65. The van der Waals surface area contributed by atoms with Crippen LogP contribution >= 0.6 is 23.2 Å². The molecule has 80 valence electrons. The molecule has 0 spiro atoms. The maximum Gasteiger partial charge on any atom is 0.224 e. The van der Waals surface area contributed by atoms with E-state index >= 15 is 0 Å². The van der Waals surface area contributed by atoms with Gasteiger partial charge in [0.15, 0.2) is 0 Å². The second-order valence-electron chi connectivity index (χ2n) is 2.92. The minimum absolute atomic E-state index is 0.186. The van der Waals surface area contributed by atoms with Gasteiger partial charge in [-0.25, -0.2) is 4.98 Å². The number of anilines is 1. The van der Waals surface area contributed by atoms with Gasteiger partial charge < -0.3 is 5.32 Å². The molecule has 0 bridgehead atoms. The van der Waals surface area contributed by atoms with Crippen molar-refractivity contribution in [3.8, 4) is 12.3 Å². The lowest BCUT2D eigenvalue weighted by atomic mass is 10.2. The number of rotatable bonds is 5. The van der Waals surface area contributed by atoms with Gasteiger partial charge in [-0.3, -0.25) is 0 Å². The van der Waals surface area contributed by atoms with Gasteiger partial charge in [-0.15, -0.1) is 12.3 Å². The summed E-state index contributed by atoms with van der Waals surface area (Å²) in [5.74, 6) is 3.15. The van der Waals surface area contributed by atoms with E-state index in [1.165, 1.54) is 6.20 Å². The van der Waals surface area contributed by atoms with Crippen LogP contribution in [0.3, 0.4) is 0 Å². The Kier molecular flexibility index (Phi) is 5.23. The summed E-state index contributed by atoms with van der Waals surface area (Å²) in [5.41, 5.74) is 0. The molecule has 0 atom stereocenters. The van der Waals surface area contributed by atoms with Crippen molar-refractivity contribution in [3.63, 3.8) is 0 Å². The molecule has 0 saturated carbocycles. The normalized spacial score (nSPS) is 9.67. The fraction of sp³-hybridized carbons (Fsp3) is 0.400. The van der Waals surface area contributed by atoms with Gasteiger partial charge in [0, 0.05) is 13.0 Å². The highest BCUT2D eigenvalue weighted by molar-refractivity contribution is 6.33. The second-order valence-corrected chi connectivity index (χ2v) is 3.67. The highest BCUT2D eigenvalue weighted by Gasteiger charge is 2.02. The summed E-state index contributed by atoms with van der Waals surface area (Å²) >= 11 is 11.5. The van der Waals surface area contributed by atoms with Crippen LogP contribution in [0.2, 0.25) is 10.3 Å². The number of halogens is 2. The largest absolute Gasteiger partial charge is 0.369 e. The van der Waals surface area contributed by atoms with E-state index in [0.717, 1.165) is 25.8 Å². The molecule has 1 aromatic rings. The number of aromatic nitrogens is 2. The summed E-state index contributed by atoms with van der Waals surface area (Å²) in [5, 5.41) is 3.73.